The number of halogens is 3. The standard InChI is InChI=1S/C13H11ClF2N2O2S/c1-7-4-11(16)13(6-10(7)15)18-21(19,20)8-2-3-12(17)9(14)5-8/h2-6,18H,17H2,1H3. The van der Waals surface area contributed by atoms with Gasteiger partial charge in [-0.05, 0) is 36.8 Å². The number of benzene rings is 2. The van der Waals surface area contributed by atoms with Crippen molar-refractivity contribution in [2.24, 2.45) is 0 Å². The molecule has 112 valence electrons. The molecule has 2 aromatic carbocycles. The molecule has 21 heavy (non-hydrogen) atoms. The van der Waals surface area contributed by atoms with Gasteiger partial charge in [0.2, 0.25) is 0 Å². The van der Waals surface area contributed by atoms with Crippen LogP contribution in [0.25, 0.3) is 0 Å². The third kappa shape index (κ3) is 3.25. The lowest BCUT2D eigenvalue weighted by atomic mass is 10.2. The molecule has 0 bridgehead atoms. The molecule has 0 aliphatic rings. The molecule has 2 rings (SSSR count). The quantitative estimate of drug-likeness (QED) is 0.847. The van der Waals surface area contributed by atoms with Gasteiger partial charge < -0.3 is 5.73 Å². The predicted molar refractivity (Wildman–Crippen MR) is 77.8 cm³/mol. The number of sulfonamides is 1. The maximum absolute atomic E-state index is 13.7. The molecule has 0 aliphatic heterocycles. The molecule has 0 radical (unpaired) electrons. The zero-order chi connectivity index (χ0) is 15.8. The molecule has 0 aliphatic carbocycles. The zero-order valence-corrected chi connectivity index (χ0v) is 12.4. The normalized spacial score (nSPS) is 11.4. The Morgan fingerprint density at radius 3 is 2.43 bits per heavy atom. The minimum atomic E-state index is -4.10. The minimum Gasteiger partial charge on any atom is -0.398 e. The number of hydrogen-bond donors (Lipinski definition) is 2. The lowest BCUT2D eigenvalue weighted by molar-refractivity contribution is 0.590. The first-order valence-electron chi connectivity index (χ1n) is 5.74. The van der Waals surface area contributed by atoms with Crippen molar-refractivity contribution in [1.29, 1.82) is 0 Å². The third-order valence-corrected chi connectivity index (χ3v) is 4.47. The highest BCUT2D eigenvalue weighted by Crippen LogP contribution is 2.26. The number of aryl methyl sites for hydroxylation is 1. The Bertz CT molecular complexity index is 810. The lowest BCUT2D eigenvalue weighted by Crippen LogP contribution is -2.14. The summed E-state index contributed by atoms with van der Waals surface area (Å²) in [4.78, 5) is -0.206. The molecule has 0 atom stereocenters. The van der Waals surface area contributed by atoms with Crippen LogP contribution in [0.15, 0.2) is 35.2 Å². The van der Waals surface area contributed by atoms with Crippen molar-refractivity contribution in [2.75, 3.05) is 10.5 Å². The van der Waals surface area contributed by atoms with Gasteiger partial charge in [-0.3, -0.25) is 4.72 Å². The van der Waals surface area contributed by atoms with Gasteiger partial charge in [0.15, 0.2) is 0 Å². The predicted octanol–water partition coefficient (Wildman–Crippen LogP) is 3.31. The van der Waals surface area contributed by atoms with Gasteiger partial charge in [-0.2, -0.15) is 0 Å². The molecule has 3 N–H and O–H groups in total. The summed E-state index contributed by atoms with van der Waals surface area (Å²) >= 11 is 5.75. The van der Waals surface area contributed by atoms with E-state index in [1.165, 1.54) is 19.1 Å². The highest BCUT2D eigenvalue weighted by atomic mass is 35.5. The Hall–Kier alpha value is -1.86. The Kier molecular flexibility index (Phi) is 4.06. The number of anilines is 2. The first kappa shape index (κ1) is 15.5. The third-order valence-electron chi connectivity index (χ3n) is 2.77. The van der Waals surface area contributed by atoms with E-state index >= 15 is 0 Å². The van der Waals surface area contributed by atoms with Crippen molar-refractivity contribution in [2.45, 2.75) is 11.8 Å². The molecule has 0 spiro atoms. The summed E-state index contributed by atoms with van der Waals surface area (Å²) in [6.45, 7) is 1.37. The maximum atomic E-state index is 13.7. The molecule has 0 fully saturated rings. The molecular formula is C13H11ClF2N2O2S. The fourth-order valence-corrected chi connectivity index (χ4v) is 2.93. The summed E-state index contributed by atoms with van der Waals surface area (Å²) in [6, 6.07) is 5.33. The van der Waals surface area contributed by atoms with E-state index < -0.39 is 27.3 Å². The molecule has 0 saturated carbocycles. The Labute approximate surface area is 125 Å². The van der Waals surface area contributed by atoms with Crippen molar-refractivity contribution >= 4 is 33.0 Å². The van der Waals surface area contributed by atoms with Gasteiger partial charge in [-0.1, -0.05) is 11.6 Å². The number of hydrogen-bond acceptors (Lipinski definition) is 3. The first-order chi connectivity index (χ1) is 9.70. The van der Waals surface area contributed by atoms with E-state index in [-0.39, 0.29) is 21.2 Å². The van der Waals surface area contributed by atoms with Crippen LogP contribution in [0.3, 0.4) is 0 Å². The van der Waals surface area contributed by atoms with E-state index in [1.807, 2.05) is 4.72 Å². The average molecular weight is 333 g/mol. The molecule has 0 saturated heterocycles. The zero-order valence-electron chi connectivity index (χ0n) is 10.8. The molecule has 2 aromatic rings. The first-order valence-corrected chi connectivity index (χ1v) is 7.60. The van der Waals surface area contributed by atoms with Crippen LogP contribution in [0, 0.1) is 18.6 Å². The largest absolute Gasteiger partial charge is 0.398 e. The molecule has 0 unspecified atom stereocenters. The molecule has 0 aromatic heterocycles. The highest BCUT2D eigenvalue weighted by Gasteiger charge is 2.18. The van der Waals surface area contributed by atoms with Gasteiger partial charge in [-0.15, -0.1) is 0 Å². The van der Waals surface area contributed by atoms with Crippen LogP contribution in [-0.2, 0) is 10.0 Å². The lowest BCUT2D eigenvalue weighted by Gasteiger charge is -2.11. The van der Waals surface area contributed by atoms with Gasteiger partial charge in [0.25, 0.3) is 10.0 Å². The van der Waals surface area contributed by atoms with Crippen molar-refractivity contribution in [1.82, 2.24) is 0 Å². The van der Waals surface area contributed by atoms with Crippen LogP contribution in [0.1, 0.15) is 5.56 Å². The number of nitrogen functional groups attached to an aromatic ring is 1. The fraction of sp³-hybridized carbons (Fsp3) is 0.0769. The average Bonchev–Trinajstić information content (AvgIpc) is 2.39. The van der Waals surface area contributed by atoms with E-state index in [1.54, 1.807) is 0 Å². The monoisotopic (exact) mass is 332 g/mol. The Morgan fingerprint density at radius 1 is 1.14 bits per heavy atom. The minimum absolute atomic E-state index is 0.0495. The number of nitrogens with two attached hydrogens (primary N) is 1. The van der Waals surface area contributed by atoms with Crippen molar-refractivity contribution < 1.29 is 17.2 Å². The van der Waals surface area contributed by atoms with Crippen molar-refractivity contribution in [3.63, 3.8) is 0 Å². The number of rotatable bonds is 3. The van der Waals surface area contributed by atoms with Gasteiger partial charge >= 0.3 is 0 Å². The summed E-state index contributed by atoms with van der Waals surface area (Å²) in [5, 5.41) is 0.0495. The van der Waals surface area contributed by atoms with Crippen LogP contribution in [0.5, 0.6) is 0 Å². The number of nitrogens with one attached hydrogen (secondary N) is 1. The van der Waals surface area contributed by atoms with Crippen molar-refractivity contribution in [3.05, 3.63) is 52.6 Å². The Balaban J connectivity index is 2.42. The summed E-state index contributed by atoms with van der Waals surface area (Å²) in [7, 11) is -4.10. The summed E-state index contributed by atoms with van der Waals surface area (Å²) < 4.78 is 53.3. The summed E-state index contributed by atoms with van der Waals surface area (Å²) in [5.74, 6) is -1.59. The second kappa shape index (κ2) is 5.50. The second-order valence-electron chi connectivity index (χ2n) is 4.37. The summed E-state index contributed by atoms with van der Waals surface area (Å²) in [6.07, 6.45) is 0. The molecule has 4 nitrogen and oxygen atoms in total. The van der Waals surface area contributed by atoms with Gasteiger partial charge in [0.05, 0.1) is 21.3 Å². The topological polar surface area (TPSA) is 72.2 Å². The van der Waals surface area contributed by atoms with Gasteiger partial charge in [-0.25, -0.2) is 17.2 Å². The molecule has 0 amide bonds. The fourth-order valence-electron chi connectivity index (χ4n) is 1.60. The van der Waals surface area contributed by atoms with Gasteiger partial charge in [0.1, 0.15) is 11.6 Å². The van der Waals surface area contributed by atoms with E-state index in [0.717, 1.165) is 18.2 Å². The highest BCUT2D eigenvalue weighted by molar-refractivity contribution is 7.92. The molecule has 8 heteroatoms. The van der Waals surface area contributed by atoms with Gasteiger partial charge in [0, 0.05) is 6.07 Å². The smallest absolute Gasteiger partial charge is 0.262 e. The van der Waals surface area contributed by atoms with E-state index in [9.17, 15) is 17.2 Å². The van der Waals surface area contributed by atoms with Crippen LogP contribution in [0.2, 0.25) is 5.02 Å². The summed E-state index contributed by atoms with van der Waals surface area (Å²) in [5.41, 5.74) is 5.29. The molecule has 0 heterocycles. The van der Waals surface area contributed by atoms with E-state index in [2.05, 4.69) is 0 Å². The maximum Gasteiger partial charge on any atom is 0.262 e. The SMILES string of the molecule is Cc1cc(F)c(NS(=O)(=O)c2ccc(N)c(Cl)c2)cc1F. The van der Waals surface area contributed by atoms with Crippen LogP contribution in [0.4, 0.5) is 20.2 Å². The Morgan fingerprint density at radius 2 is 1.81 bits per heavy atom. The second-order valence-corrected chi connectivity index (χ2v) is 6.46. The van der Waals surface area contributed by atoms with E-state index in [4.69, 9.17) is 17.3 Å². The van der Waals surface area contributed by atoms with Crippen molar-refractivity contribution in [3.8, 4) is 0 Å². The van der Waals surface area contributed by atoms with Crippen LogP contribution < -0.4 is 10.5 Å². The molecular weight excluding hydrogens is 322 g/mol. The van der Waals surface area contributed by atoms with Crippen LogP contribution in [-0.4, -0.2) is 8.42 Å². The van der Waals surface area contributed by atoms with E-state index in [0.29, 0.717) is 0 Å². The van der Waals surface area contributed by atoms with Crippen LogP contribution >= 0.6 is 11.6 Å².